The summed E-state index contributed by atoms with van der Waals surface area (Å²) in [4.78, 5) is 42.2. The summed E-state index contributed by atoms with van der Waals surface area (Å²) in [5, 5.41) is 0. The Labute approximate surface area is 193 Å². The molecule has 2 aliphatic heterocycles. The van der Waals surface area contributed by atoms with Crippen molar-refractivity contribution in [2.45, 2.75) is 44.7 Å². The van der Waals surface area contributed by atoms with E-state index >= 15 is 0 Å². The van der Waals surface area contributed by atoms with Gasteiger partial charge in [-0.25, -0.2) is 4.98 Å². The second-order valence-corrected chi connectivity index (χ2v) is 9.10. The number of amides is 1. The van der Waals surface area contributed by atoms with Gasteiger partial charge >= 0.3 is 0 Å². The number of aromatic nitrogens is 3. The van der Waals surface area contributed by atoms with E-state index in [9.17, 15) is 9.59 Å². The van der Waals surface area contributed by atoms with Gasteiger partial charge in [0.05, 0.1) is 11.6 Å². The van der Waals surface area contributed by atoms with E-state index in [0.29, 0.717) is 31.9 Å². The number of pyridine rings is 1. The molecule has 7 nitrogen and oxygen atoms in total. The van der Waals surface area contributed by atoms with E-state index in [1.165, 1.54) is 0 Å². The third-order valence-corrected chi connectivity index (χ3v) is 6.86. The molecule has 1 amide bonds. The number of fused-ring (bicyclic) bond motifs is 1. The van der Waals surface area contributed by atoms with Crippen molar-refractivity contribution in [3.63, 3.8) is 0 Å². The molecule has 0 saturated carbocycles. The predicted molar refractivity (Wildman–Crippen MR) is 126 cm³/mol. The van der Waals surface area contributed by atoms with Crippen LogP contribution in [0.2, 0.25) is 0 Å². The van der Waals surface area contributed by atoms with Gasteiger partial charge in [-0.1, -0.05) is 36.4 Å². The Morgan fingerprint density at radius 3 is 2.82 bits per heavy atom. The van der Waals surface area contributed by atoms with Crippen molar-refractivity contribution in [2.75, 3.05) is 19.6 Å². The van der Waals surface area contributed by atoms with Crippen LogP contribution >= 0.6 is 0 Å². The monoisotopic (exact) mass is 443 g/mol. The largest absolute Gasteiger partial charge is 0.341 e. The summed E-state index contributed by atoms with van der Waals surface area (Å²) in [6.45, 7) is 5.52. The highest BCUT2D eigenvalue weighted by molar-refractivity contribution is 5.83. The fraction of sp³-hybridized carbons (Fsp3) is 0.385. The van der Waals surface area contributed by atoms with Crippen molar-refractivity contribution in [3.05, 3.63) is 93.4 Å². The highest BCUT2D eigenvalue weighted by Gasteiger charge is 2.32. The number of hydrogen-bond donors (Lipinski definition) is 1. The van der Waals surface area contributed by atoms with Gasteiger partial charge in [0.25, 0.3) is 5.56 Å². The van der Waals surface area contributed by atoms with Crippen molar-refractivity contribution >= 4 is 5.91 Å². The maximum Gasteiger partial charge on any atom is 0.254 e. The molecule has 170 valence electrons. The van der Waals surface area contributed by atoms with Crippen molar-refractivity contribution in [1.29, 1.82) is 0 Å². The Balaban J connectivity index is 1.29. The molecule has 2 aromatic heterocycles. The second-order valence-electron chi connectivity index (χ2n) is 9.10. The molecule has 4 heterocycles. The number of benzene rings is 1. The van der Waals surface area contributed by atoms with Crippen LogP contribution in [0.1, 0.15) is 53.4 Å². The fourth-order valence-electron chi connectivity index (χ4n) is 4.93. The Kier molecular flexibility index (Phi) is 6.05. The Hall–Kier alpha value is -3.32. The van der Waals surface area contributed by atoms with E-state index in [-0.39, 0.29) is 23.3 Å². The lowest BCUT2D eigenvalue weighted by molar-refractivity contribution is -0.131. The zero-order valence-electron chi connectivity index (χ0n) is 18.9. The van der Waals surface area contributed by atoms with Crippen LogP contribution in [-0.2, 0) is 24.3 Å². The van der Waals surface area contributed by atoms with Crippen molar-refractivity contribution in [2.24, 2.45) is 0 Å². The van der Waals surface area contributed by atoms with Crippen LogP contribution in [0.25, 0.3) is 0 Å². The van der Waals surface area contributed by atoms with Crippen LogP contribution in [0.4, 0.5) is 0 Å². The van der Waals surface area contributed by atoms with Crippen LogP contribution in [0, 0.1) is 0 Å². The molecule has 0 radical (unpaired) electrons. The first kappa shape index (κ1) is 21.5. The van der Waals surface area contributed by atoms with Crippen LogP contribution in [0.5, 0.6) is 0 Å². The number of nitrogens with one attached hydrogen (secondary N) is 1. The summed E-state index contributed by atoms with van der Waals surface area (Å²) >= 11 is 0. The van der Waals surface area contributed by atoms with E-state index in [0.717, 1.165) is 41.9 Å². The first-order valence-electron chi connectivity index (χ1n) is 11.7. The van der Waals surface area contributed by atoms with Crippen LogP contribution in [0.3, 0.4) is 0 Å². The highest BCUT2D eigenvalue weighted by Crippen LogP contribution is 2.28. The zero-order valence-corrected chi connectivity index (χ0v) is 18.9. The molecule has 5 rings (SSSR count). The van der Waals surface area contributed by atoms with E-state index in [2.05, 4.69) is 20.9 Å². The Morgan fingerprint density at radius 2 is 2.03 bits per heavy atom. The quantitative estimate of drug-likeness (QED) is 0.656. The molecular weight excluding hydrogens is 414 g/mol. The molecule has 0 aliphatic carbocycles. The smallest absolute Gasteiger partial charge is 0.254 e. The average Bonchev–Trinajstić information content (AvgIpc) is 3.34. The van der Waals surface area contributed by atoms with Crippen molar-refractivity contribution in [3.8, 4) is 0 Å². The Morgan fingerprint density at radius 1 is 1.18 bits per heavy atom. The average molecular weight is 444 g/mol. The number of hydrogen-bond acceptors (Lipinski definition) is 5. The van der Waals surface area contributed by atoms with Crippen molar-refractivity contribution < 1.29 is 4.79 Å². The number of likely N-dealkylation sites (tertiary alicyclic amines) is 1. The Bertz CT molecular complexity index is 1180. The van der Waals surface area contributed by atoms with Gasteiger partial charge in [-0.3, -0.25) is 19.5 Å². The minimum absolute atomic E-state index is 0.0292. The van der Waals surface area contributed by atoms with Gasteiger partial charge < -0.3 is 9.88 Å². The van der Waals surface area contributed by atoms with Gasteiger partial charge in [0.2, 0.25) is 5.91 Å². The summed E-state index contributed by atoms with van der Waals surface area (Å²) in [5.41, 5.74) is 3.82. The molecule has 2 atom stereocenters. The van der Waals surface area contributed by atoms with Crippen LogP contribution in [0.15, 0.2) is 59.7 Å². The van der Waals surface area contributed by atoms with Gasteiger partial charge in [0.1, 0.15) is 5.82 Å². The normalized spacial score (nSPS) is 19.3. The van der Waals surface area contributed by atoms with E-state index in [4.69, 9.17) is 4.98 Å². The van der Waals surface area contributed by atoms with Crippen molar-refractivity contribution in [1.82, 2.24) is 24.8 Å². The zero-order chi connectivity index (χ0) is 22.8. The van der Waals surface area contributed by atoms with Gasteiger partial charge in [-0.2, -0.15) is 0 Å². The summed E-state index contributed by atoms with van der Waals surface area (Å²) < 4.78 is 0. The summed E-state index contributed by atoms with van der Waals surface area (Å²) in [6.07, 6.45) is 5.17. The molecule has 2 aliphatic rings. The standard InChI is InChI=1S/C26H29N5O2/c1-18(20-7-3-2-4-8-20)26(33)31-13-9-21(16-31)24-28-23-17-30(12-10-22(23)25(32)29-24)15-19-6-5-11-27-14-19/h2-8,11,14,18,21H,9-10,12-13,15-17H2,1H3,(H,28,29,32)/t18-,21+/m1/s1. The highest BCUT2D eigenvalue weighted by atomic mass is 16.2. The summed E-state index contributed by atoms with van der Waals surface area (Å²) in [6, 6.07) is 13.9. The number of aromatic amines is 1. The van der Waals surface area contributed by atoms with Crippen LogP contribution < -0.4 is 5.56 Å². The fourth-order valence-corrected chi connectivity index (χ4v) is 4.93. The molecule has 33 heavy (non-hydrogen) atoms. The third kappa shape index (κ3) is 4.59. The molecule has 7 heteroatoms. The number of rotatable bonds is 5. The summed E-state index contributed by atoms with van der Waals surface area (Å²) in [7, 11) is 0. The molecule has 0 spiro atoms. The third-order valence-electron chi connectivity index (χ3n) is 6.86. The maximum atomic E-state index is 13.1. The molecule has 3 aromatic rings. The lowest BCUT2D eigenvalue weighted by atomic mass is 10.00. The van der Waals surface area contributed by atoms with E-state index in [1.807, 2.05) is 54.4 Å². The number of carbonyl (C=O) groups is 1. The van der Waals surface area contributed by atoms with Gasteiger partial charge in [-0.15, -0.1) is 0 Å². The molecular formula is C26H29N5O2. The molecule has 1 aromatic carbocycles. The second kappa shape index (κ2) is 9.27. The SMILES string of the molecule is C[C@@H](C(=O)N1CC[C@H](c2nc3c(c(=O)[nH]2)CCN(Cc2cccnc2)C3)C1)c1ccccc1. The number of carbonyl (C=O) groups excluding carboxylic acids is 1. The summed E-state index contributed by atoms with van der Waals surface area (Å²) in [5.74, 6) is 0.724. The van der Waals surface area contributed by atoms with Gasteiger partial charge in [0.15, 0.2) is 0 Å². The lowest BCUT2D eigenvalue weighted by Crippen LogP contribution is -2.36. The maximum absolute atomic E-state index is 13.1. The topological polar surface area (TPSA) is 82.2 Å². The van der Waals surface area contributed by atoms with Gasteiger partial charge in [0, 0.05) is 56.6 Å². The first-order valence-corrected chi connectivity index (χ1v) is 11.7. The van der Waals surface area contributed by atoms with Crippen LogP contribution in [-0.4, -0.2) is 50.3 Å². The predicted octanol–water partition coefficient (Wildman–Crippen LogP) is 2.84. The van der Waals surface area contributed by atoms with Gasteiger partial charge in [-0.05, 0) is 37.0 Å². The minimum Gasteiger partial charge on any atom is -0.341 e. The molecule has 1 fully saturated rings. The van der Waals surface area contributed by atoms with E-state index in [1.54, 1.807) is 6.20 Å². The number of nitrogens with zero attached hydrogens (tertiary/aromatic N) is 4. The first-order chi connectivity index (χ1) is 16.1. The molecule has 0 unspecified atom stereocenters. The number of H-pyrrole nitrogens is 1. The van der Waals surface area contributed by atoms with E-state index < -0.39 is 0 Å². The molecule has 1 saturated heterocycles. The minimum atomic E-state index is -0.179. The molecule has 1 N–H and O–H groups in total. The molecule has 0 bridgehead atoms. The lowest BCUT2D eigenvalue weighted by Gasteiger charge is -2.28.